The van der Waals surface area contributed by atoms with Crippen LogP contribution in [0.15, 0.2) is 48.8 Å². The quantitative estimate of drug-likeness (QED) is 0.150. The highest BCUT2D eigenvalue weighted by molar-refractivity contribution is 5.90. The van der Waals surface area contributed by atoms with E-state index in [0.29, 0.717) is 0 Å². The molecule has 0 amide bonds. The fourth-order valence-electron chi connectivity index (χ4n) is 3.84. The standard InChI is InChI=1S/C21H30O9/c1-10(8-22)17-18(26)16(12(3)19(27)29-6)15(7-21(17,5)13(4)24)30-20(28)11(2)14(25)9-23/h14-18,22-26H,1-4,7-9H2,5-6H3/t14-,15-,16+,17?,18-,21-/m0/s1. The van der Waals surface area contributed by atoms with Gasteiger partial charge in [-0.2, -0.15) is 0 Å². The summed E-state index contributed by atoms with van der Waals surface area (Å²) in [5.74, 6) is -4.40. The van der Waals surface area contributed by atoms with Crippen molar-refractivity contribution in [1.29, 1.82) is 0 Å². The summed E-state index contributed by atoms with van der Waals surface area (Å²) in [4.78, 5) is 24.5. The fourth-order valence-corrected chi connectivity index (χ4v) is 3.84. The molecule has 9 heteroatoms. The van der Waals surface area contributed by atoms with Crippen molar-refractivity contribution in [2.75, 3.05) is 20.3 Å². The molecule has 0 aromatic carbocycles. The third-order valence-corrected chi connectivity index (χ3v) is 5.67. The van der Waals surface area contributed by atoms with Crippen LogP contribution in [0.2, 0.25) is 0 Å². The zero-order valence-electron chi connectivity index (χ0n) is 17.2. The summed E-state index contributed by atoms with van der Waals surface area (Å²) in [5, 5.41) is 49.6. The van der Waals surface area contributed by atoms with E-state index in [2.05, 4.69) is 31.1 Å². The number of aliphatic hydroxyl groups excluding tert-OH is 5. The third-order valence-electron chi connectivity index (χ3n) is 5.67. The van der Waals surface area contributed by atoms with Gasteiger partial charge in [0.2, 0.25) is 0 Å². The van der Waals surface area contributed by atoms with Crippen LogP contribution in [0.5, 0.6) is 0 Å². The Morgan fingerprint density at radius 3 is 2.17 bits per heavy atom. The van der Waals surface area contributed by atoms with E-state index in [4.69, 9.17) is 9.84 Å². The molecule has 0 aromatic rings. The summed E-state index contributed by atoms with van der Waals surface area (Å²) >= 11 is 0. The lowest BCUT2D eigenvalue weighted by Gasteiger charge is -2.50. The largest absolute Gasteiger partial charge is 0.512 e. The van der Waals surface area contributed by atoms with Gasteiger partial charge < -0.3 is 35.0 Å². The van der Waals surface area contributed by atoms with Crippen molar-refractivity contribution in [3.05, 3.63) is 48.8 Å². The Morgan fingerprint density at radius 2 is 1.73 bits per heavy atom. The van der Waals surface area contributed by atoms with Gasteiger partial charge in [-0.1, -0.05) is 33.2 Å². The molecule has 5 N–H and O–H groups in total. The number of allylic oxidation sites excluding steroid dienone is 1. The first-order valence-corrected chi connectivity index (χ1v) is 9.18. The van der Waals surface area contributed by atoms with Gasteiger partial charge in [-0.25, -0.2) is 9.59 Å². The number of ether oxygens (including phenoxy) is 2. The molecule has 0 heterocycles. The molecule has 0 spiro atoms. The topological polar surface area (TPSA) is 154 Å². The van der Waals surface area contributed by atoms with Crippen LogP contribution in [0.25, 0.3) is 0 Å². The predicted octanol–water partition coefficient (Wildman–Crippen LogP) is 0.160. The maximum atomic E-state index is 12.4. The predicted molar refractivity (Wildman–Crippen MR) is 107 cm³/mol. The summed E-state index contributed by atoms with van der Waals surface area (Å²) in [6, 6.07) is 0. The number of carbonyl (C=O) groups is 2. The fraction of sp³-hybridized carbons (Fsp3) is 0.524. The van der Waals surface area contributed by atoms with Gasteiger partial charge in [0, 0.05) is 16.9 Å². The summed E-state index contributed by atoms with van der Waals surface area (Å²) in [6.45, 7) is 14.6. The van der Waals surface area contributed by atoms with Crippen molar-refractivity contribution in [3.8, 4) is 0 Å². The van der Waals surface area contributed by atoms with Gasteiger partial charge in [0.1, 0.15) is 12.2 Å². The number of hydrogen-bond acceptors (Lipinski definition) is 9. The van der Waals surface area contributed by atoms with Gasteiger partial charge >= 0.3 is 11.9 Å². The molecule has 1 fully saturated rings. The van der Waals surface area contributed by atoms with Crippen LogP contribution in [0, 0.1) is 17.3 Å². The molecule has 0 radical (unpaired) electrons. The van der Waals surface area contributed by atoms with Crippen LogP contribution < -0.4 is 0 Å². The van der Waals surface area contributed by atoms with Crippen LogP contribution in [-0.4, -0.2) is 76.1 Å². The zero-order valence-corrected chi connectivity index (χ0v) is 17.2. The molecule has 1 aliphatic carbocycles. The van der Waals surface area contributed by atoms with Crippen LogP contribution in [-0.2, 0) is 19.1 Å². The van der Waals surface area contributed by atoms with Gasteiger partial charge in [-0.05, 0) is 12.0 Å². The molecule has 0 aliphatic heterocycles. The van der Waals surface area contributed by atoms with E-state index < -0.39 is 66.3 Å². The van der Waals surface area contributed by atoms with Crippen molar-refractivity contribution in [2.24, 2.45) is 17.3 Å². The number of esters is 2. The van der Waals surface area contributed by atoms with E-state index in [1.165, 1.54) is 0 Å². The molecule has 1 rings (SSSR count). The SMILES string of the molecule is C=C(CO)C1[C@@H](O)[C@H](C(=C)C(=O)OC)[C@@H](OC(=O)C(=C)[C@@H](O)CO)C[C@@]1(C)C(=C)O. The molecule has 0 saturated heterocycles. The van der Waals surface area contributed by atoms with Gasteiger partial charge in [0.15, 0.2) is 0 Å². The average Bonchev–Trinajstić information content (AvgIpc) is 2.70. The second kappa shape index (κ2) is 10.0. The van der Waals surface area contributed by atoms with Crippen molar-refractivity contribution in [2.45, 2.75) is 31.7 Å². The first-order chi connectivity index (χ1) is 13.9. The lowest BCUT2D eigenvalue weighted by atomic mass is 9.57. The molecular formula is C21H30O9. The lowest BCUT2D eigenvalue weighted by Crippen LogP contribution is -2.55. The van der Waals surface area contributed by atoms with E-state index in [0.717, 1.165) is 7.11 Å². The van der Waals surface area contributed by atoms with Gasteiger partial charge in [0.05, 0.1) is 43.7 Å². The minimum absolute atomic E-state index is 0.127. The highest BCUT2D eigenvalue weighted by Crippen LogP contribution is 2.52. The van der Waals surface area contributed by atoms with E-state index in [1.807, 2.05) is 0 Å². The monoisotopic (exact) mass is 426 g/mol. The van der Waals surface area contributed by atoms with Crippen LogP contribution in [0.3, 0.4) is 0 Å². The molecule has 1 unspecified atom stereocenters. The van der Waals surface area contributed by atoms with E-state index >= 15 is 0 Å². The third kappa shape index (κ3) is 4.81. The normalized spacial score (nSPS) is 29.4. The second-order valence-electron chi connectivity index (χ2n) is 7.56. The number of hydrogen-bond donors (Lipinski definition) is 5. The zero-order chi connectivity index (χ0) is 23.4. The Morgan fingerprint density at radius 1 is 1.17 bits per heavy atom. The smallest absolute Gasteiger partial charge is 0.336 e. The molecule has 9 nitrogen and oxygen atoms in total. The number of methoxy groups -OCH3 is 1. The second-order valence-corrected chi connectivity index (χ2v) is 7.56. The van der Waals surface area contributed by atoms with E-state index in [1.54, 1.807) is 6.92 Å². The molecule has 1 aliphatic rings. The van der Waals surface area contributed by atoms with Gasteiger partial charge in [0.25, 0.3) is 0 Å². The van der Waals surface area contributed by atoms with E-state index in [9.17, 15) is 30.0 Å². The Balaban J connectivity index is 3.47. The summed E-state index contributed by atoms with van der Waals surface area (Å²) in [5.41, 5.74) is -1.74. The molecule has 0 aromatic heterocycles. The van der Waals surface area contributed by atoms with E-state index in [-0.39, 0.29) is 23.3 Å². The van der Waals surface area contributed by atoms with Crippen LogP contribution in [0.4, 0.5) is 0 Å². The molecule has 1 saturated carbocycles. The first-order valence-electron chi connectivity index (χ1n) is 9.18. The van der Waals surface area contributed by atoms with Crippen molar-refractivity contribution >= 4 is 11.9 Å². The number of aliphatic hydroxyl groups is 5. The van der Waals surface area contributed by atoms with Gasteiger partial charge in [-0.3, -0.25) is 0 Å². The minimum Gasteiger partial charge on any atom is -0.512 e. The van der Waals surface area contributed by atoms with Gasteiger partial charge in [-0.15, -0.1) is 0 Å². The Labute approximate surface area is 175 Å². The Kier molecular flexibility index (Phi) is 8.55. The molecule has 168 valence electrons. The first kappa shape index (κ1) is 25.6. The Hall–Kier alpha value is -2.46. The van der Waals surface area contributed by atoms with Crippen LogP contribution >= 0.6 is 0 Å². The molecular weight excluding hydrogens is 396 g/mol. The lowest BCUT2D eigenvalue weighted by molar-refractivity contribution is -0.164. The highest BCUT2D eigenvalue weighted by Gasteiger charge is 2.55. The molecule has 30 heavy (non-hydrogen) atoms. The minimum atomic E-state index is -1.56. The number of rotatable bonds is 9. The van der Waals surface area contributed by atoms with Crippen molar-refractivity contribution < 1.29 is 44.6 Å². The highest BCUT2D eigenvalue weighted by atomic mass is 16.5. The maximum absolute atomic E-state index is 12.4. The Bertz CT molecular complexity index is 741. The molecule has 0 bridgehead atoms. The van der Waals surface area contributed by atoms with Crippen LogP contribution in [0.1, 0.15) is 13.3 Å². The maximum Gasteiger partial charge on any atom is 0.336 e. The van der Waals surface area contributed by atoms with Crippen molar-refractivity contribution in [3.63, 3.8) is 0 Å². The molecule has 6 atom stereocenters. The van der Waals surface area contributed by atoms with Crippen molar-refractivity contribution in [1.82, 2.24) is 0 Å². The summed E-state index contributed by atoms with van der Waals surface area (Å²) < 4.78 is 10.1. The summed E-state index contributed by atoms with van der Waals surface area (Å²) in [6.07, 6.45) is -4.36. The average molecular weight is 426 g/mol. The number of carbonyl (C=O) groups excluding carboxylic acids is 2. The summed E-state index contributed by atoms with van der Waals surface area (Å²) in [7, 11) is 1.12.